The molecule has 0 heterocycles. The van der Waals surface area contributed by atoms with Gasteiger partial charge in [-0.3, -0.25) is 0 Å². The lowest BCUT2D eigenvalue weighted by Gasteiger charge is -2.16. The van der Waals surface area contributed by atoms with E-state index in [1.165, 1.54) is 12.1 Å². The summed E-state index contributed by atoms with van der Waals surface area (Å²) >= 11 is 3.43. The second kappa shape index (κ2) is 6.86. The maximum atomic E-state index is 13.2. The van der Waals surface area contributed by atoms with E-state index in [1.54, 1.807) is 13.2 Å². The fourth-order valence-electron chi connectivity index (χ4n) is 1.97. The van der Waals surface area contributed by atoms with Gasteiger partial charge in [0.05, 0.1) is 7.11 Å². The van der Waals surface area contributed by atoms with Crippen molar-refractivity contribution in [1.29, 1.82) is 0 Å². The van der Waals surface area contributed by atoms with Gasteiger partial charge >= 0.3 is 0 Å². The molecule has 106 valence electrons. The lowest BCUT2D eigenvalue weighted by Crippen LogP contribution is -2.18. The van der Waals surface area contributed by atoms with Gasteiger partial charge in [0.2, 0.25) is 0 Å². The van der Waals surface area contributed by atoms with Crippen LogP contribution in [-0.2, 0) is 6.54 Å². The third-order valence-corrected chi connectivity index (χ3v) is 3.97. The van der Waals surface area contributed by atoms with Crippen LogP contribution in [0.5, 0.6) is 5.75 Å². The topological polar surface area (TPSA) is 21.3 Å². The highest BCUT2D eigenvalue weighted by Gasteiger charge is 2.08. The molecular formula is C16H17BrFNO. The summed E-state index contributed by atoms with van der Waals surface area (Å²) in [4.78, 5) is 0. The zero-order valence-corrected chi connectivity index (χ0v) is 13.1. The van der Waals surface area contributed by atoms with Crippen LogP contribution in [0.25, 0.3) is 0 Å². The molecule has 0 aliphatic heterocycles. The molecule has 1 atom stereocenters. The number of ether oxygens (including phenoxy) is 1. The summed E-state index contributed by atoms with van der Waals surface area (Å²) in [5.74, 6) is 0.613. The van der Waals surface area contributed by atoms with E-state index in [9.17, 15) is 4.39 Å². The van der Waals surface area contributed by atoms with Gasteiger partial charge in [0.15, 0.2) is 0 Å². The molecule has 0 bridgehead atoms. The van der Waals surface area contributed by atoms with Crippen LogP contribution in [0.3, 0.4) is 0 Å². The van der Waals surface area contributed by atoms with Gasteiger partial charge in [-0.2, -0.15) is 0 Å². The molecule has 0 aliphatic rings. The van der Waals surface area contributed by atoms with Crippen molar-refractivity contribution in [2.24, 2.45) is 0 Å². The van der Waals surface area contributed by atoms with E-state index < -0.39 is 0 Å². The number of hydrogen-bond acceptors (Lipinski definition) is 2. The van der Waals surface area contributed by atoms with Crippen LogP contribution in [0.15, 0.2) is 46.9 Å². The minimum absolute atomic E-state index is 0.153. The molecule has 20 heavy (non-hydrogen) atoms. The van der Waals surface area contributed by atoms with Gasteiger partial charge in [-0.25, -0.2) is 4.39 Å². The third kappa shape index (κ3) is 3.81. The van der Waals surface area contributed by atoms with Crippen LogP contribution >= 0.6 is 15.9 Å². The van der Waals surface area contributed by atoms with Gasteiger partial charge in [-0.15, -0.1) is 0 Å². The van der Waals surface area contributed by atoms with Crippen LogP contribution in [0.2, 0.25) is 0 Å². The van der Waals surface area contributed by atoms with Crippen LogP contribution in [0, 0.1) is 5.82 Å². The minimum Gasteiger partial charge on any atom is -0.497 e. The highest BCUT2D eigenvalue weighted by Crippen LogP contribution is 2.21. The summed E-state index contributed by atoms with van der Waals surface area (Å²) in [5, 5.41) is 3.38. The Hall–Kier alpha value is -1.39. The van der Waals surface area contributed by atoms with Crippen molar-refractivity contribution in [3.8, 4) is 5.75 Å². The first-order valence-electron chi connectivity index (χ1n) is 6.41. The molecule has 0 amide bonds. The molecule has 0 radical (unpaired) electrons. The van der Waals surface area contributed by atoms with E-state index in [1.807, 2.05) is 24.3 Å². The molecule has 0 aliphatic carbocycles. The molecule has 1 N–H and O–H groups in total. The van der Waals surface area contributed by atoms with E-state index in [0.717, 1.165) is 21.3 Å². The fraction of sp³-hybridized carbons (Fsp3) is 0.250. The van der Waals surface area contributed by atoms with Crippen molar-refractivity contribution >= 4 is 15.9 Å². The van der Waals surface area contributed by atoms with E-state index in [-0.39, 0.29) is 11.9 Å². The van der Waals surface area contributed by atoms with Crippen LogP contribution in [-0.4, -0.2) is 7.11 Å². The first-order chi connectivity index (χ1) is 9.60. The maximum Gasteiger partial charge on any atom is 0.123 e. The van der Waals surface area contributed by atoms with E-state index in [0.29, 0.717) is 6.54 Å². The van der Waals surface area contributed by atoms with E-state index >= 15 is 0 Å². The van der Waals surface area contributed by atoms with Gasteiger partial charge in [-0.1, -0.05) is 28.1 Å². The van der Waals surface area contributed by atoms with Gasteiger partial charge in [0.25, 0.3) is 0 Å². The molecule has 0 saturated heterocycles. The largest absolute Gasteiger partial charge is 0.497 e. The summed E-state index contributed by atoms with van der Waals surface area (Å²) in [6, 6.07) is 12.8. The Morgan fingerprint density at radius 3 is 2.80 bits per heavy atom. The lowest BCUT2D eigenvalue weighted by molar-refractivity contribution is 0.413. The molecule has 0 fully saturated rings. The standard InChI is InChI=1S/C16H17BrFNO/c1-11(12-4-3-5-15(9-12)20-2)19-10-13-8-14(18)6-7-16(13)17/h3-9,11,19H,10H2,1-2H3. The van der Waals surface area contributed by atoms with Crippen molar-refractivity contribution in [2.75, 3.05) is 7.11 Å². The summed E-state index contributed by atoms with van der Waals surface area (Å²) in [6.07, 6.45) is 0. The molecule has 2 rings (SSSR count). The molecule has 0 spiro atoms. The zero-order valence-electron chi connectivity index (χ0n) is 11.5. The summed E-state index contributed by atoms with van der Waals surface area (Å²) in [7, 11) is 1.65. The first-order valence-corrected chi connectivity index (χ1v) is 7.20. The molecule has 0 aromatic heterocycles. The van der Waals surface area contributed by atoms with Crippen LogP contribution in [0.4, 0.5) is 4.39 Å². The van der Waals surface area contributed by atoms with Gasteiger partial charge in [0, 0.05) is 17.1 Å². The quantitative estimate of drug-likeness (QED) is 0.870. The normalized spacial score (nSPS) is 12.2. The SMILES string of the molecule is COc1cccc(C(C)NCc2cc(F)ccc2Br)c1. The minimum atomic E-state index is -0.223. The Morgan fingerprint density at radius 1 is 1.25 bits per heavy atom. The monoisotopic (exact) mass is 337 g/mol. The predicted octanol–water partition coefficient (Wildman–Crippen LogP) is 4.45. The Morgan fingerprint density at radius 2 is 2.05 bits per heavy atom. The Kier molecular flexibility index (Phi) is 5.15. The van der Waals surface area contributed by atoms with Gasteiger partial charge in [-0.05, 0) is 48.4 Å². The van der Waals surface area contributed by atoms with Crippen molar-refractivity contribution in [2.45, 2.75) is 19.5 Å². The lowest BCUT2D eigenvalue weighted by atomic mass is 10.1. The number of halogens is 2. The second-order valence-corrected chi connectivity index (χ2v) is 5.47. The third-order valence-electron chi connectivity index (χ3n) is 3.20. The van der Waals surface area contributed by atoms with Crippen molar-refractivity contribution < 1.29 is 9.13 Å². The number of benzene rings is 2. The fourth-order valence-corrected chi connectivity index (χ4v) is 2.36. The maximum absolute atomic E-state index is 13.2. The Bertz CT molecular complexity index is 588. The average molecular weight is 338 g/mol. The average Bonchev–Trinajstić information content (AvgIpc) is 2.48. The van der Waals surface area contributed by atoms with Gasteiger partial charge < -0.3 is 10.1 Å². The molecular weight excluding hydrogens is 321 g/mol. The zero-order chi connectivity index (χ0) is 14.5. The number of nitrogens with one attached hydrogen (secondary N) is 1. The Labute approximate surface area is 127 Å². The first kappa shape index (κ1) is 15.0. The number of hydrogen-bond donors (Lipinski definition) is 1. The molecule has 2 nitrogen and oxygen atoms in total. The van der Waals surface area contributed by atoms with Crippen molar-refractivity contribution in [3.05, 3.63) is 63.9 Å². The molecule has 2 aromatic carbocycles. The highest BCUT2D eigenvalue weighted by atomic mass is 79.9. The van der Waals surface area contributed by atoms with Crippen LogP contribution in [0.1, 0.15) is 24.1 Å². The second-order valence-electron chi connectivity index (χ2n) is 4.61. The number of rotatable bonds is 5. The van der Waals surface area contributed by atoms with Crippen molar-refractivity contribution in [3.63, 3.8) is 0 Å². The molecule has 2 aromatic rings. The summed E-state index contributed by atoms with van der Waals surface area (Å²) in [6.45, 7) is 2.67. The smallest absolute Gasteiger partial charge is 0.123 e. The molecule has 4 heteroatoms. The molecule has 0 saturated carbocycles. The predicted molar refractivity (Wildman–Crippen MR) is 82.3 cm³/mol. The summed E-state index contributed by atoms with van der Waals surface area (Å²) in [5.41, 5.74) is 2.04. The number of methoxy groups -OCH3 is 1. The van der Waals surface area contributed by atoms with Crippen LogP contribution < -0.4 is 10.1 Å². The highest BCUT2D eigenvalue weighted by molar-refractivity contribution is 9.10. The van der Waals surface area contributed by atoms with Crippen molar-refractivity contribution in [1.82, 2.24) is 5.32 Å². The molecule has 1 unspecified atom stereocenters. The summed E-state index contributed by atoms with van der Waals surface area (Å²) < 4.78 is 19.4. The van der Waals surface area contributed by atoms with Gasteiger partial charge in [0.1, 0.15) is 11.6 Å². The van der Waals surface area contributed by atoms with E-state index in [4.69, 9.17) is 4.74 Å². The Balaban J connectivity index is 2.04. The van der Waals surface area contributed by atoms with E-state index in [2.05, 4.69) is 28.2 Å².